The molecule has 2 aliphatic carbocycles. The molecule has 5 heteroatoms. The van der Waals surface area contributed by atoms with Gasteiger partial charge >= 0.3 is 0 Å². The van der Waals surface area contributed by atoms with Gasteiger partial charge in [-0.15, -0.1) is 0 Å². The minimum absolute atomic E-state index is 0.601. The first-order chi connectivity index (χ1) is 30.7. The Morgan fingerprint density at radius 3 is 1.52 bits per heavy atom. The van der Waals surface area contributed by atoms with E-state index in [9.17, 15) is 10.5 Å². The van der Waals surface area contributed by atoms with Crippen LogP contribution in [0, 0.1) is 22.7 Å². The zero-order valence-electron chi connectivity index (χ0n) is 33.3. The zero-order chi connectivity index (χ0) is 41.4. The molecule has 1 heterocycles. The third-order valence-corrected chi connectivity index (χ3v) is 12.7. The first-order valence-corrected chi connectivity index (χ1v) is 20.7. The molecule has 10 aromatic rings. The van der Waals surface area contributed by atoms with Gasteiger partial charge in [0.25, 0.3) is 0 Å². The zero-order valence-corrected chi connectivity index (χ0v) is 33.3. The van der Waals surface area contributed by atoms with Crippen molar-refractivity contribution in [1.29, 1.82) is 10.5 Å². The van der Waals surface area contributed by atoms with Crippen LogP contribution in [-0.2, 0) is 5.41 Å². The second-order valence-electron chi connectivity index (χ2n) is 15.9. The van der Waals surface area contributed by atoms with Crippen molar-refractivity contribution in [2.24, 2.45) is 0 Å². The molecule has 1 spiro atoms. The molecule has 0 N–H and O–H groups in total. The summed E-state index contributed by atoms with van der Waals surface area (Å²) in [7, 11) is 0. The van der Waals surface area contributed by atoms with Gasteiger partial charge in [0, 0.05) is 39.4 Å². The molecule has 0 radical (unpaired) electrons. The quantitative estimate of drug-likeness (QED) is 0.168. The molecule has 0 aliphatic heterocycles. The van der Waals surface area contributed by atoms with Crippen molar-refractivity contribution >= 4 is 56.1 Å². The maximum atomic E-state index is 9.82. The van der Waals surface area contributed by atoms with Crippen molar-refractivity contribution in [3.8, 4) is 34.4 Å². The van der Waals surface area contributed by atoms with Crippen LogP contribution >= 0.6 is 0 Å². The van der Waals surface area contributed by atoms with Crippen LogP contribution in [0.25, 0.3) is 44.2 Å². The fraction of sp³-hybridized carbons (Fsp3) is 0.0175. The van der Waals surface area contributed by atoms with Gasteiger partial charge in [0.15, 0.2) is 0 Å². The maximum Gasteiger partial charge on any atom is 0.145 e. The third-order valence-electron chi connectivity index (χ3n) is 12.7. The van der Waals surface area contributed by atoms with E-state index in [1.54, 1.807) is 0 Å². The molecule has 288 valence electrons. The van der Waals surface area contributed by atoms with Crippen molar-refractivity contribution in [2.75, 3.05) is 9.80 Å². The van der Waals surface area contributed by atoms with Gasteiger partial charge in [-0.1, -0.05) is 109 Å². The average Bonchev–Trinajstić information content (AvgIpc) is 3.97. The summed E-state index contributed by atoms with van der Waals surface area (Å²) in [5, 5.41) is 21.6. The van der Waals surface area contributed by atoms with E-state index in [1.165, 1.54) is 27.8 Å². The summed E-state index contributed by atoms with van der Waals surface area (Å²) in [6.07, 6.45) is 0. The van der Waals surface area contributed by atoms with Crippen molar-refractivity contribution in [2.45, 2.75) is 5.41 Å². The summed E-state index contributed by atoms with van der Waals surface area (Å²) in [6, 6.07) is 76.4. The van der Waals surface area contributed by atoms with E-state index in [4.69, 9.17) is 4.42 Å². The summed E-state index contributed by atoms with van der Waals surface area (Å²) in [5.41, 5.74) is 17.3. The number of hydrogen-bond donors (Lipinski definition) is 0. The number of nitriles is 2. The molecule has 1 aromatic heterocycles. The SMILES string of the molecule is N#Cc1ccc(N(c2ccccc2)c2ccc3c(c2)C2(c4ccccc4-c4ccccc42)c2cc(N(c4ccccc4)c4ccc(C#N)cc4)c4c(oc5ccccc54)c2-3)cc1. The number of fused-ring (bicyclic) bond motifs is 14. The van der Waals surface area contributed by atoms with E-state index in [-0.39, 0.29) is 0 Å². The first-order valence-electron chi connectivity index (χ1n) is 20.7. The topological polar surface area (TPSA) is 67.2 Å². The van der Waals surface area contributed by atoms with Crippen molar-refractivity contribution < 1.29 is 4.42 Å². The smallest absolute Gasteiger partial charge is 0.145 e. The molecule has 12 rings (SSSR count). The molecular weight excluding hydrogens is 757 g/mol. The van der Waals surface area contributed by atoms with Gasteiger partial charge in [-0.05, 0) is 136 Å². The number of furan rings is 1. The normalized spacial score (nSPS) is 12.6. The maximum absolute atomic E-state index is 9.82. The monoisotopic (exact) mass is 790 g/mol. The Morgan fingerprint density at radius 1 is 0.403 bits per heavy atom. The fourth-order valence-corrected chi connectivity index (χ4v) is 10.2. The lowest BCUT2D eigenvalue weighted by atomic mass is 9.70. The number of benzene rings is 9. The Balaban J connectivity index is 1.22. The number of anilines is 6. The van der Waals surface area contributed by atoms with Gasteiger partial charge in [-0.2, -0.15) is 10.5 Å². The fourth-order valence-electron chi connectivity index (χ4n) is 10.2. The number of rotatable bonds is 6. The van der Waals surface area contributed by atoms with E-state index in [1.807, 2.05) is 66.7 Å². The van der Waals surface area contributed by atoms with E-state index >= 15 is 0 Å². The van der Waals surface area contributed by atoms with Crippen LogP contribution in [0.1, 0.15) is 33.4 Å². The second-order valence-corrected chi connectivity index (χ2v) is 15.9. The van der Waals surface area contributed by atoms with E-state index in [0.717, 1.165) is 72.8 Å². The predicted octanol–water partition coefficient (Wildman–Crippen LogP) is 14.6. The minimum Gasteiger partial charge on any atom is -0.455 e. The Labute approximate surface area is 358 Å². The highest BCUT2D eigenvalue weighted by Crippen LogP contribution is 2.66. The van der Waals surface area contributed by atoms with Crippen LogP contribution in [0.3, 0.4) is 0 Å². The molecule has 5 nitrogen and oxygen atoms in total. The second kappa shape index (κ2) is 13.7. The van der Waals surface area contributed by atoms with Gasteiger partial charge in [0.05, 0.1) is 39.8 Å². The predicted molar refractivity (Wildman–Crippen MR) is 249 cm³/mol. The van der Waals surface area contributed by atoms with Crippen molar-refractivity contribution in [3.05, 3.63) is 240 Å². The van der Waals surface area contributed by atoms with Crippen LogP contribution in [0.15, 0.2) is 211 Å². The standard InChI is InChI=1S/C57H34N4O/c58-35-37-23-27-41(28-24-37)60(39-13-3-1-4-14-39)43-31-32-46-50(33-43)57(48-20-10-7-17-44(48)45-18-8-11-21-49(45)57)51-34-52(55-47-19-9-12-22-53(47)62-56(55)54(46)51)61(40-15-5-2-6-16-40)42-29-25-38(36-59)26-30-42/h1-34H. The Morgan fingerprint density at radius 2 is 0.903 bits per heavy atom. The Bertz CT molecular complexity index is 3440. The van der Waals surface area contributed by atoms with Crippen LogP contribution in [0.5, 0.6) is 0 Å². The Kier molecular flexibility index (Phi) is 7.81. The van der Waals surface area contributed by atoms with E-state index in [2.05, 4.69) is 161 Å². The molecular formula is C57H34N4O. The summed E-state index contributed by atoms with van der Waals surface area (Å²) in [5.74, 6) is 0. The lowest BCUT2D eigenvalue weighted by molar-refractivity contribution is 0.669. The van der Waals surface area contributed by atoms with E-state index < -0.39 is 5.41 Å². The summed E-state index contributed by atoms with van der Waals surface area (Å²) in [6.45, 7) is 0. The summed E-state index contributed by atoms with van der Waals surface area (Å²) < 4.78 is 7.16. The van der Waals surface area contributed by atoms with E-state index in [0.29, 0.717) is 11.1 Å². The molecule has 0 fully saturated rings. The molecule has 0 unspecified atom stereocenters. The average molecular weight is 791 g/mol. The van der Waals surface area contributed by atoms with Crippen LogP contribution < -0.4 is 9.80 Å². The molecule has 2 aliphatic rings. The van der Waals surface area contributed by atoms with Crippen LogP contribution in [-0.4, -0.2) is 0 Å². The third kappa shape index (κ3) is 5.00. The summed E-state index contributed by atoms with van der Waals surface area (Å²) >= 11 is 0. The van der Waals surface area contributed by atoms with Crippen molar-refractivity contribution in [1.82, 2.24) is 0 Å². The highest BCUT2D eigenvalue weighted by Gasteiger charge is 2.53. The summed E-state index contributed by atoms with van der Waals surface area (Å²) in [4.78, 5) is 4.58. The van der Waals surface area contributed by atoms with Crippen molar-refractivity contribution in [3.63, 3.8) is 0 Å². The van der Waals surface area contributed by atoms with Gasteiger partial charge in [-0.25, -0.2) is 0 Å². The molecule has 0 saturated heterocycles. The molecule has 0 bridgehead atoms. The number of para-hydroxylation sites is 3. The van der Waals surface area contributed by atoms with Gasteiger partial charge in [-0.3, -0.25) is 0 Å². The Hall–Kier alpha value is -8.64. The van der Waals surface area contributed by atoms with Crippen LogP contribution in [0.2, 0.25) is 0 Å². The minimum atomic E-state index is -0.726. The molecule has 0 atom stereocenters. The number of nitrogens with zero attached hydrogens (tertiary/aromatic N) is 4. The highest BCUT2D eigenvalue weighted by atomic mass is 16.3. The lowest BCUT2D eigenvalue weighted by Gasteiger charge is -2.33. The molecule has 0 saturated carbocycles. The highest BCUT2D eigenvalue weighted by molar-refractivity contribution is 6.20. The molecule has 0 amide bonds. The van der Waals surface area contributed by atoms with Gasteiger partial charge < -0.3 is 14.2 Å². The largest absolute Gasteiger partial charge is 0.455 e. The first kappa shape index (κ1) is 35.3. The van der Waals surface area contributed by atoms with Crippen LogP contribution in [0.4, 0.5) is 34.1 Å². The molecule has 62 heavy (non-hydrogen) atoms. The lowest BCUT2D eigenvalue weighted by Crippen LogP contribution is -2.26. The number of hydrogen-bond acceptors (Lipinski definition) is 5. The van der Waals surface area contributed by atoms with Gasteiger partial charge in [0.2, 0.25) is 0 Å². The molecule has 9 aromatic carbocycles. The van der Waals surface area contributed by atoms with Gasteiger partial charge in [0.1, 0.15) is 11.2 Å².